The largest absolute Gasteiger partial charge is 0.385 e. The summed E-state index contributed by atoms with van der Waals surface area (Å²) < 4.78 is 32.4. The highest BCUT2D eigenvalue weighted by Crippen LogP contribution is 2.15. The Morgan fingerprint density at radius 1 is 1.20 bits per heavy atom. The number of benzene rings is 1. The minimum absolute atomic E-state index is 0.158. The minimum Gasteiger partial charge on any atom is -0.385 e. The zero-order chi connectivity index (χ0) is 15.2. The number of ether oxygens (including phenoxy) is 1. The first-order chi connectivity index (χ1) is 9.40. The predicted molar refractivity (Wildman–Crippen MR) is 81.4 cm³/mol. The maximum absolute atomic E-state index is 12.3. The molecule has 0 spiro atoms. The molecule has 0 heterocycles. The summed E-state index contributed by atoms with van der Waals surface area (Å²) in [6.07, 6.45) is 0. The van der Waals surface area contributed by atoms with E-state index in [-0.39, 0.29) is 16.9 Å². The third-order valence-electron chi connectivity index (χ3n) is 3.00. The molecule has 1 rings (SSSR count). The van der Waals surface area contributed by atoms with Gasteiger partial charge >= 0.3 is 0 Å². The van der Waals surface area contributed by atoms with E-state index < -0.39 is 10.0 Å². The van der Waals surface area contributed by atoms with E-state index in [1.807, 2.05) is 20.8 Å². The fraction of sp³-hybridized carbons (Fsp3) is 0.571. The van der Waals surface area contributed by atoms with E-state index in [1.54, 1.807) is 31.4 Å². The van der Waals surface area contributed by atoms with Crippen LogP contribution >= 0.6 is 0 Å². The highest BCUT2D eigenvalue weighted by atomic mass is 32.2. The maximum Gasteiger partial charge on any atom is 0.240 e. The molecule has 1 unspecified atom stereocenters. The summed E-state index contributed by atoms with van der Waals surface area (Å²) in [6, 6.07) is 6.49. The van der Waals surface area contributed by atoms with Gasteiger partial charge in [-0.1, -0.05) is 13.8 Å². The number of hydrogen-bond acceptors (Lipinski definition) is 4. The highest BCUT2D eigenvalue weighted by Gasteiger charge is 2.22. The second-order valence-corrected chi connectivity index (χ2v) is 6.70. The lowest BCUT2D eigenvalue weighted by atomic mass is 10.1. The fourth-order valence-corrected chi connectivity index (χ4v) is 3.13. The third-order valence-corrected chi connectivity index (χ3v) is 4.51. The molecule has 6 heteroatoms. The molecular formula is C14H24N2O3S. The molecule has 0 aliphatic rings. The highest BCUT2D eigenvalue weighted by molar-refractivity contribution is 7.89. The summed E-state index contributed by atoms with van der Waals surface area (Å²) in [7, 11) is -1.95. The molecule has 0 saturated heterocycles. The van der Waals surface area contributed by atoms with Crippen LogP contribution in [0.2, 0.25) is 0 Å². The minimum atomic E-state index is -3.52. The quantitative estimate of drug-likeness (QED) is 0.771. The molecule has 0 amide bonds. The van der Waals surface area contributed by atoms with Crippen LogP contribution in [0.4, 0.5) is 5.69 Å². The van der Waals surface area contributed by atoms with E-state index >= 15 is 0 Å². The second kappa shape index (κ2) is 7.61. The molecule has 0 aromatic heterocycles. The zero-order valence-corrected chi connectivity index (χ0v) is 13.3. The van der Waals surface area contributed by atoms with Gasteiger partial charge in [0.1, 0.15) is 0 Å². The van der Waals surface area contributed by atoms with E-state index in [4.69, 9.17) is 4.74 Å². The molecule has 1 atom stereocenters. The van der Waals surface area contributed by atoms with Crippen molar-refractivity contribution in [1.29, 1.82) is 0 Å². The van der Waals surface area contributed by atoms with Gasteiger partial charge in [-0.15, -0.1) is 0 Å². The zero-order valence-electron chi connectivity index (χ0n) is 12.5. The molecule has 2 N–H and O–H groups in total. The van der Waals surface area contributed by atoms with Crippen molar-refractivity contribution in [3.63, 3.8) is 0 Å². The lowest BCUT2D eigenvalue weighted by Crippen LogP contribution is -2.41. The van der Waals surface area contributed by atoms with Gasteiger partial charge in [0.2, 0.25) is 10.0 Å². The van der Waals surface area contributed by atoms with Gasteiger partial charge in [-0.3, -0.25) is 0 Å². The van der Waals surface area contributed by atoms with Crippen LogP contribution in [0.1, 0.15) is 20.8 Å². The number of rotatable bonds is 8. The van der Waals surface area contributed by atoms with Crippen LogP contribution in [0.25, 0.3) is 0 Å². The standard InChI is InChI=1S/C14H24N2O3S/c1-5-15-12-6-8-13(9-7-12)20(17,18)16-14(10-19-4)11(2)3/h6-9,11,14-16H,5,10H2,1-4H3. The van der Waals surface area contributed by atoms with E-state index in [0.29, 0.717) is 6.61 Å². The molecule has 1 aromatic rings. The lowest BCUT2D eigenvalue weighted by Gasteiger charge is -2.21. The van der Waals surface area contributed by atoms with Gasteiger partial charge in [-0.05, 0) is 37.1 Å². The number of hydrogen-bond donors (Lipinski definition) is 2. The summed E-state index contributed by atoms with van der Waals surface area (Å²) in [4.78, 5) is 0.265. The Labute approximate surface area is 121 Å². The van der Waals surface area contributed by atoms with E-state index in [1.165, 1.54) is 0 Å². The van der Waals surface area contributed by atoms with Crippen LogP contribution in [-0.4, -0.2) is 34.7 Å². The Morgan fingerprint density at radius 3 is 2.25 bits per heavy atom. The van der Waals surface area contributed by atoms with Gasteiger partial charge < -0.3 is 10.1 Å². The van der Waals surface area contributed by atoms with Crippen LogP contribution in [0, 0.1) is 5.92 Å². The van der Waals surface area contributed by atoms with Crippen molar-refractivity contribution in [1.82, 2.24) is 4.72 Å². The molecule has 0 radical (unpaired) electrons. The second-order valence-electron chi connectivity index (χ2n) is 4.98. The first-order valence-corrected chi connectivity index (χ1v) is 8.24. The topological polar surface area (TPSA) is 67.4 Å². The first-order valence-electron chi connectivity index (χ1n) is 6.76. The van der Waals surface area contributed by atoms with Crippen molar-refractivity contribution in [3.05, 3.63) is 24.3 Å². The Kier molecular flexibility index (Phi) is 6.45. The predicted octanol–water partition coefficient (Wildman–Crippen LogP) is 2.07. The van der Waals surface area contributed by atoms with Crippen LogP contribution in [0.15, 0.2) is 29.2 Å². The summed E-state index contributed by atoms with van der Waals surface area (Å²) in [5.41, 5.74) is 0.906. The van der Waals surface area contributed by atoms with Gasteiger partial charge in [0.15, 0.2) is 0 Å². The van der Waals surface area contributed by atoms with E-state index in [0.717, 1.165) is 12.2 Å². The number of sulfonamides is 1. The molecule has 1 aromatic carbocycles. The van der Waals surface area contributed by atoms with Crippen molar-refractivity contribution in [2.75, 3.05) is 25.6 Å². The van der Waals surface area contributed by atoms with Crippen molar-refractivity contribution in [3.8, 4) is 0 Å². The van der Waals surface area contributed by atoms with Crippen molar-refractivity contribution < 1.29 is 13.2 Å². The first kappa shape index (κ1) is 16.9. The summed E-state index contributed by atoms with van der Waals surface area (Å²) in [5, 5.41) is 3.13. The van der Waals surface area contributed by atoms with Crippen LogP contribution in [0.3, 0.4) is 0 Å². The molecule has 0 aliphatic heterocycles. The molecule has 20 heavy (non-hydrogen) atoms. The number of methoxy groups -OCH3 is 1. The Balaban J connectivity index is 2.86. The third kappa shape index (κ3) is 4.77. The number of nitrogens with one attached hydrogen (secondary N) is 2. The van der Waals surface area contributed by atoms with Crippen LogP contribution < -0.4 is 10.0 Å². The monoisotopic (exact) mass is 300 g/mol. The molecule has 0 aliphatic carbocycles. The van der Waals surface area contributed by atoms with Gasteiger partial charge in [-0.2, -0.15) is 0 Å². The average molecular weight is 300 g/mol. The summed E-state index contributed by atoms with van der Waals surface area (Å²) in [6.45, 7) is 7.06. The summed E-state index contributed by atoms with van der Waals surface area (Å²) >= 11 is 0. The molecule has 0 fully saturated rings. The lowest BCUT2D eigenvalue weighted by molar-refractivity contribution is 0.157. The summed E-state index contributed by atoms with van der Waals surface area (Å²) in [5.74, 6) is 0.158. The van der Waals surface area contributed by atoms with Crippen LogP contribution in [0.5, 0.6) is 0 Å². The van der Waals surface area contributed by atoms with Gasteiger partial charge in [-0.25, -0.2) is 13.1 Å². The molecule has 114 valence electrons. The van der Waals surface area contributed by atoms with E-state index in [2.05, 4.69) is 10.0 Å². The Morgan fingerprint density at radius 2 is 1.80 bits per heavy atom. The fourth-order valence-electron chi connectivity index (χ4n) is 1.77. The van der Waals surface area contributed by atoms with Gasteiger partial charge in [0.05, 0.1) is 11.5 Å². The van der Waals surface area contributed by atoms with Gasteiger partial charge in [0.25, 0.3) is 0 Å². The van der Waals surface area contributed by atoms with Crippen molar-refractivity contribution >= 4 is 15.7 Å². The molecule has 0 bridgehead atoms. The molecule has 5 nitrogen and oxygen atoms in total. The van der Waals surface area contributed by atoms with Crippen molar-refractivity contribution in [2.24, 2.45) is 5.92 Å². The average Bonchev–Trinajstić information content (AvgIpc) is 2.39. The normalized spacial score (nSPS) is 13.4. The smallest absolute Gasteiger partial charge is 0.240 e. The maximum atomic E-state index is 12.3. The number of anilines is 1. The van der Waals surface area contributed by atoms with Crippen molar-refractivity contribution in [2.45, 2.75) is 31.7 Å². The molecular weight excluding hydrogens is 276 g/mol. The van der Waals surface area contributed by atoms with E-state index in [9.17, 15) is 8.42 Å². The Bertz CT molecular complexity index is 498. The van der Waals surface area contributed by atoms with Crippen LogP contribution in [-0.2, 0) is 14.8 Å². The SMILES string of the molecule is CCNc1ccc(S(=O)(=O)NC(COC)C(C)C)cc1. The molecule has 0 saturated carbocycles. The Hall–Kier alpha value is -1.11. The van der Waals surface area contributed by atoms with Gasteiger partial charge in [0, 0.05) is 25.4 Å².